The third-order valence-electron chi connectivity index (χ3n) is 4.02. The lowest BCUT2D eigenvalue weighted by molar-refractivity contribution is 0.0954. The molecule has 0 atom stereocenters. The van der Waals surface area contributed by atoms with Crippen LogP contribution < -0.4 is 10.9 Å². The van der Waals surface area contributed by atoms with Crippen LogP contribution in [-0.2, 0) is 0 Å². The Morgan fingerprint density at radius 3 is 1.70 bits per heavy atom. The highest BCUT2D eigenvalue weighted by atomic mass is 16.2. The van der Waals surface area contributed by atoms with E-state index in [4.69, 9.17) is 0 Å². The Morgan fingerprint density at radius 2 is 1.30 bits per heavy atom. The van der Waals surface area contributed by atoms with Crippen molar-refractivity contribution in [2.24, 2.45) is 10.2 Å². The van der Waals surface area contributed by atoms with Gasteiger partial charge in [0, 0.05) is 35.9 Å². The van der Waals surface area contributed by atoms with Crippen molar-refractivity contribution in [1.82, 2.24) is 25.8 Å². The Kier molecular flexibility index (Phi) is 6.67. The number of aryl methyl sites for hydroxylation is 2. The lowest BCUT2D eigenvalue weighted by Crippen LogP contribution is -2.23. The second-order valence-corrected chi connectivity index (χ2v) is 6.23. The van der Waals surface area contributed by atoms with Crippen molar-refractivity contribution in [3.63, 3.8) is 0 Å². The van der Waals surface area contributed by atoms with E-state index in [1.165, 1.54) is 18.5 Å². The summed E-state index contributed by atoms with van der Waals surface area (Å²) in [7, 11) is 0. The minimum absolute atomic E-state index is 0.241. The summed E-state index contributed by atoms with van der Waals surface area (Å²) in [6.07, 6.45) is 9.46. The minimum Gasteiger partial charge on any atom is -0.267 e. The average molecular weight is 401 g/mol. The van der Waals surface area contributed by atoms with Gasteiger partial charge >= 0.3 is 0 Å². The summed E-state index contributed by atoms with van der Waals surface area (Å²) in [6.45, 7) is 3.38. The molecule has 30 heavy (non-hydrogen) atoms. The van der Waals surface area contributed by atoms with Gasteiger partial charge in [0.2, 0.25) is 0 Å². The predicted octanol–water partition coefficient (Wildman–Crippen LogP) is 2.02. The molecule has 9 heteroatoms. The monoisotopic (exact) mass is 401 g/mol. The van der Waals surface area contributed by atoms with E-state index in [1.807, 2.05) is 0 Å². The lowest BCUT2D eigenvalue weighted by atomic mass is 10.1. The first-order chi connectivity index (χ1) is 14.5. The van der Waals surface area contributed by atoms with Gasteiger partial charge in [0.05, 0.1) is 34.9 Å². The fourth-order valence-corrected chi connectivity index (χ4v) is 2.54. The average Bonchev–Trinajstić information content (AvgIpc) is 2.75. The fourth-order valence-electron chi connectivity index (χ4n) is 2.54. The number of amides is 2. The van der Waals surface area contributed by atoms with E-state index in [9.17, 15) is 9.59 Å². The van der Waals surface area contributed by atoms with Crippen LogP contribution in [0.25, 0.3) is 0 Å². The van der Waals surface area contributed by atoms with Crippen molar-refractivity contribution in [2.75, 3.05) is 0 Å². The van der Waals surface area contributed by atoms with Crippen LogP contribution in [0, 0.1) is 13.8 Å². The number of nitrogens with one attached hydrogen (secondary N) is 2. The summed E-state index contributed by atoms with van der Waals surface area (Å²) in [6, 6.07) is 8.60. The molecule has 3 aromatic rings. The summed E-state index contributed by atoms with van der Waals surface area (Å²) in [5.41, 5.74) is 7.79. The van der Waals surface area contributed by atoms with E-state index in [0.717, 1.165) is 11.1 Å². The molecule has 0 radical (unpaired) electrons. The van der Waals surface area contributed by atoms with Crippen molar-refractivity contribution in [3.8, 4) is 0 Å². The van der Waals surface area contributed by atoms with Crippen molar-refractivity contribution >= 4 is 24.2 Å². The lowest BCUT2D eigenvalue weighted by Gasteiger charge is -2.09. The number of pyridine rings is 3. The fraction of sp³-hybridized carbons (Fsp3) is 0.0952. The molecule has 3 aromatic heterocycles. The van der Waals surface area contributed by atoms with Gasteiger partial charge in [0.25, 0.3) is 11.8 Å². The highest BCUT2D eigenvalue weighted by Crippen LogP contribution is 2.13. The van der Waals surface area contributed by atoms with E-state index in [0.29, 0.717) is 11.4 Å². The predicted molar refractivity (Wildman–Crippen MR) is 112 cm³/mol. The Morgan fingerprint density at radius 1 is 0.833 bits per heavy atom. The van der Waals surface area contributed by atoms with E-state index in [-0.39, 0.29) is 11.1 Å². The van der Waals surface area contributed by atoms with Gasteiger partial charge in [0.1, 0.15) is 0 Å². The Balaban J connectivity index is 1.71. The zero-order valence-corrected chi connectivity index (χ0v) is 16.4. The first-order valence-electron chi connectivity index (χ1n) is 8.99. The molecular formula is C21H19N7O2. The molecule has 150 valence electrons. The van der Waals surface area contributed by atoms with Gasteiger partial charge in [-0.15, -0.1) is 0 Å². The molecule has 0 bridgehead atoms. The number of rotatable bonds is 6. The molecule has 0 aliphatic rings. The number of hydrogen-bond acceptors (Lipinski definition) is 7. The van der Waals surface area contributed by atoms with Crippen LogP contribution in [0.1, 0.15) is 43.2 Å². The molecule has 2 amide bonds. The van der Waals surface area contributed by atoms with Crippen LogP contribution in [-0.4, -0.2) is 39.2 Å². The zero-order valence-electron chi connectivity index (χ0n) is 16.4. The van der Waals surface area contributed by atoms with Crippen molar-refractivity contribution in [3.05, 3.63) is 88.8 Å². The molecule has 3 rings (SSSR count). The zero-order chi connectivity index (χ0) is 21.3. The molecule has 3 heterocycles. The maximum absolute atomic E-state index is 12.5. The highest BCUT2D eigenvalue weighted by Gasteiger charge is 2.17. The standard InChI is InChI=1S/C21H19N7O2/c1-14-18(20(29)27-24-12-16-5-3-7-22-10-16)9-19(15(2)26-14)21(30)28-25-13-17-6-4-8-23-11-17/h3-13H,1-2H3,(H,27,29)(H,28,30)/b24-12-,25-13-. The summed E-state index contributed by atoms with van der Waals surface area (Å²) in [4.78, 5) is 37.2. The van der Waals surface area contributed by atoms with Crippen LogP contribution in [0.5, 0.6) is 0 Å². The molecule has 0 aliphatic carbocycles. The van der Waals surface area contributed by atoms with Crippen LogP contribution in [0.2, 0.25) is 0 Å². The normalized spacial score (nSPS) is 11.0. The quantitative estimate of drug-likeness (QED) is 0.483. The van der Waals surface area contributed by atoms with E-state index in [1.54, 1.807) is 62.9 Å². The maximum Gasteiger partial charge on any atom is 0.273 e. The Bertz CT molecular complexity index is 1010. The smallest absolute Gasteiger partial charge is 0.267 e. The van der Waals surface area contributed by atoms with Crippen LogP contribution in [0.3, 0.4) is 0 Å². The van der Waals surface area contributed by atoms with Crippen LogP contribution in [0.4, 0.5) is 0 Å². The molecule has 0 fully saturated rings. The van der Waals surface area contributed by atoms with E-state index in [2.05, 4.69) is 36.0 Å². The van der Waals surface area contributed by atoms with Crippen molar-refractivity contribution in [1.29, 1.82) is 0 Å². The SMILES string of the molecule is Cc1nc(C)c(C(=O)N/N=C\c2cccnc2)cc1C(=O)N/N=C\c1cccnc1. The molecule has 0 saturated carbocycles. The van der Waals surface area contributed by atoms with Gasteiger partial charge in [-0.25, -0.2) is 10.9 Å². The molecule has 0 saturated heterocycles. The first-order valence-corrected chi connectivity index (χ1v) is 8.99. The van der Waals surface area contributed by atoms with E-state index >= 15 is 0 Å². The molecule has 0 unspecified atom stereocenters. The van der Waals surface area contributed by atoms with Crippen molar-refractivity contribution < 1.29 is 9.59 Å². The number of nitrogens with zero attached hydrogens (tertiary/aromatic N) is 5. The summed E-state index contributed by atoms with van der Waals surface area (Å²) in [5.74, 6) is -0.957. The van der Waals surface area contributed by atoms with Gasteiger partial charge in [-0.2, -0.15) is 10.2 Å². The first kappa shape index (κ1) is 20.5. The molecule has 2 N–H and O–H groups in total. The molecule has 9 nitrogen and oxygen atoms in total. The number of carbonyl (C=O) groups is 2. The number of hydrazone groups is 2. The molecular weight excluding hydrogens is 382 g/mol. The molecule has 0 aliphatic heterocycles. The number of carbonyl (C=O) groups excluding carboxylic acids is 2. The van der Waals surface area contributed by atoms with Gasteiger partial charge in [-0.3, -0.25) is 24.5 Å². The number of aromatic nitrogens is 3. The van der Waals surface area contributed by atoms with Gasteiger partial charge in [0.15, 0.2) is 0 Å². The minimum atomic E-state index is -0.479. The second kappa shape index (κ2) is 9.78. The third kappa shape index (κ3) is 5.38. The largest absolute Gasteiger partial charge is 0.273 e. The summed E-state index contributed by atoms with van der Waals surface area (Å²) < 4.78 is 0. The van der Waals surface area contributed by atoms with Gasteiger partial charge < -0.3 is 0 Å². The van der Waals surface area contributed by atoms with Crippen LogP contribution in [0.15, 0.2) is 65.3 Å². The molecule has 0 spiro atoms. The van der Waals surface area contributed by atoms with Crippen LogP contribution >= 0.6 is 0 Å². The number of hydrogen-bond donors (Lipinski definition) is 2. The maximum atomic E-state index is 12.5. The Labute approximate surface area is 173 Å². The summed E-state index contributed by atoms with van der Waals surface area (Å²) >= 11 is 0. The second-order valence-electron chi connectivity index (χ2n) is 6.23. The molecule has 0 aromatic carbocycles. The van der Waals surface area contributed by atoms with Crippen molar-refractivity contribution in [2.45, 2.75) is 13.8 Å². The summed E-state index contributed by atoms with van der Waals surface area (Å²) in [5, 5.41) is 7.83. The third-order valence-corrected chi connectivity index (χ3v) is 4.02. The van der Waals surface area contributed by atoms with E-state index < -0.39 is 11.8 Å². The van der Waals surface area contributed by atoms with Gasteiger partial charge in [-0.1, -0.05) is 12.1 Å². The topological polar surface area (TPSA) is 122 Å². The Hall–Kier alpha value is -4.27. The van der Waals surface area contributed by atoms with Gasteiger partial charge in [-0.05, 0) is 32.0 Å². The highest BCUT2D eigenvalue weighted by molar-refractivity contribution is 6.01.